The average molecular weight is 438 g/mol. The lowest BCUT2D eigenvalue weighted by Crippen LogP contribution is -2.47. The van der Waals surface area contributed by atoms with Crippen LogP contribution >= 0.6 is 0 Å². The molecule has 3 aromatic rings. The van der Waals surface area contributed by atoms with E-state index in [1.165, 1.54) is 44.4 Å². The van der Waals surface area contributed by atoms with E-state index < -0.39 is 23.7 Å². The minimum absolute atomic E-state index is 0.265. The molecule has 0 aliphatic carbocycles. The molecule has 3 rings (SSSR count). The van der Waals surface area contributed by atoms with Crippen molar-refractivity contribution in [3.63, 3.8) is 0 Å². The van der Waals surface area contributed by atoms with Crippen LogP contribution in [0.25, 0.3) is 0 Å². The van der Waals surface area contributed by atoms with Crippen LogP contribution in [-0.2, 0) is 11.4 Å². The Bertz CT molecular complexity index is 1060. The Labute approximate surface area is 185 Å². The SMILES string of the molecule is COc1cc(C(=O)NNC(=O)[C@H](C)Oc2ccc(F)cc2)ccc1OCc1ccccc1. The predicted octanol–water partition coefficient (Wildman–Crippen LogP) is 3.64. The number of carbonyl (C=O) groups excluding carboxylic acids is 2. The molecule has 8 heteroatoms. The molecular weight excluding hydrogens is 415 g/mol. The summed E-state index contributed by atoms with van der Waals surface area (Å²) in [7, 11) is 1.47. The maximum absolute atomic E-state index is 13.0. The van der Waals surface area contributed by atoms with Gasteiger partial charge < -0.3 is 14.2 Å². The van der Waals surface area contributed by atoms with Crippen molar-refractivity contribution >= 4 is 11.8 Å². The maximum Gasteiger partial charge on any atom is 0.279 e. The highest BCUT2D eigenvalue weighted by Gasteiger charge is 2.17. The molecule has 0 aromatic heterocycles. The zero-order valence-electron chi connectivity index (χ0n) is 17.6. The maximum atomic E-state index is 13.0. The standard InChI is InChI=1S/C24H23FN2O5/c1-16(32-20-11-9-19(25)10-12-20)23(28)26-27-24(29)18-8-13-21(22(14-18)30-2)31-15-17-6-4-3-5-7-17/h3-14,16H,15H2,1-2H3,(H,26,28)(H,27,29)/t16-/m0/s1. The first-order chi connectivity index (χ1) is 15.5. The van der Waals surface area contributed by atoms with E-state index in [-0.39, 0.29) is 5.56 Å². The summed E-state index contributed by atoms with van der Waals surface area (Å²) in [4.78, 5) is 24.6. The summed E-state index contributed by atoms with van der Waals surface area (Å²) in [5, 5.41) is 0. The van der Waals surface area contributed by atoms with Crippen molar-refractivity contribution in [1.29, 1.82) is 0 Å². The lowest BCUT2D eigenvalue weighted by atomic mass is 10.2. The van der Waals surface area contributed by atoms with Gasteiger partial charge >= 0.3 is 0 Å². The Morgan fingerprint density at radius 1 is 0.938 bits per heavy atom. The number of halogens is 1. The fourth-order valence-corrected chi connectivity index (χ4v) is 2.73. The quantitative estimate of drug-likeness (QED) is 0.525. The number of rotatable bonds is 8. The first kappa shape index (κ1) is 22.6. The molecule has 0 saturated carbocycles. The third-order valence-corrected chi connectivity index (χ3v) is 4.46. The van der Waals surface area contributed by atoms with Crippen LogP contribution in [0.1, 0.15) is 22.8 Å². The van der Waals surface area contributed by atoms with E-state index in [9.17, 15) is 14.0 Å². The zero-order chi connectivity index (χ0) is 22.9. The van der Waals surface area contributed by atoms with Crippen LogP contribution in [0.2, 0.25) is 0 Å². The summed E-state index contributed by atoms with van der Waals surface area (Å²) in [6, 6.07) is 19.6. The van der Waals surface area contributed by atoms with E-state index in [1.807, 2.05) is 30.3 Å². The van der Waals surface area contributed by atoms with E-state index in [0.29, 0.717) is 23.9 Å². The molecule has 0 bridgehead atoms. The number of methoxy groups -OCH3 is 1. The fourth-order valence-electron chi connectivity index (χ4n) is 2.73. The highest BCUT2D eigenvalue weighted by molar-refractivity contribution is 5.96. The Morgan fingerprint density at radius 2 is 1.66 bits per heavy atom. The van der Waals surface area contributed by atoms with Gasteiger partial charge in [-0.1, -0.05) is 30.3 Å². The van der Waals surface area contributed by atoms with Gasteiger partial charge in [-0.3, -0.25) is 20.4 Å². The summed E-state index contributed by atoms with van der Waals surface area (Å²) in [6.07, 6.45) is -0.913. The lowest BCUT2D eigenvalue weighted by molar-refractivity contribution is -0.128. The van der Waals surface area contributed by atoms with Crippen LogP contribution in [0, 0.1) is 5.82 Å². The van der Waals surface area contributed by atoms with Gasteiger partial charge in [-0.2, -0.15) is 0 Å². The van der Waals surface area contributed by atoms with Crippen LogP contribution in [0.4, 0.5) is 4.39 Å². The van der Waals surface area contributed by atoms with Crippen molar-refractivity contribution in [2.24, 2.45) is 0 Å². The van der Waals surface area contributed by atoms with Crippen LogP contribution in [0.5, 0.6) is 17.2 Å². The Kier molecular flexibility index (Phi) is 7.64. The van der Waals surface area contributed by atoms with Crippen LogP contribution in [0.15, 0.2) is 72.8 Å². The Morgan fingerprint density at radius 3 is 2.34 bits per heavy atom. The number of hydrogen-bond donors (Lipinski definition) is 2. The monoisotopic (exact) mass is 438 g/mol. The average Bonchev–Trinajstić information content (AvgIpc) is 2.82. The molecule has 3 aromatic carbocycles. The summed E-state index contributed by atoms with van der Waals surface area (Å²) in [6.45, 7) is 1.86. The van der Waals surface area contributed by atoms with Gasteiger partial charge in [-0.05, 0) is 55.0 Å². The van der Waals surface area contributed by atoms with Crippen molar-refractivity contribution < 1.29 is 28.2 Å². The molecule has 0 spiro atoms. The third kappa shape index (κ3) is 6.21. The molecule has 0 saturated heterocycles. The fraction of sp³-hybridized carbons (Fsp3) is 0.167. The van der Waals surface area contributed by atoms with Crippen molar-refractivity contribution in [3.8, 4) is 17.2 Å². The van der Waals surface area contributed by atoms with Crippen molar-refractivity contribution in [2.45, 2.75) is 19.6 Å². The van der Waals surface area contributed by atoms with Gasteiger partial charge in [0.15, 0.2) is 17.6 Å². The minimum Gasteiger partial charge on any atom is -0.493 e. The summed E-state index contributed by atoms with van der Waals surface area (Å²) in [5.41, 5.74) is 5.89. The molecule has 0 fully saturated rings. The van der Waals surface area contributed by atoms with E-state index in [0.717, 1.165) is 5.56 Å². The van der Waals surface area contributed by atoms with Gasteiger partial charge in [-0.25, -0.2) is 4.39 Å². The molecule has 2 N–H and O–H groups in total. The van der Waals surface area contributed by atoms with E-state index in [1.54, 1.807) is 12.1 Å². The highest BCUT2D eigenvalue weighted by Crippen LogP contribution is 2.28. The summed E-state index contributed by atoms with van der Waals surface area (Å²) in [5.74, 6) is -0.325. The summed E-state index contributed by atoms with van der Waals surface area (Å²) < 4.78 is 29.5. The third-order valence-electron chi connectivity index (χ3n) is 4.46. The molecule has 0 aliphatic rings. The van der Waals surface area contributed by atoms with Crippen molar-refractivity contribution in [2.75, 3.05) is 7.11 Å². The van der Waals surface area contributed by atoms with Gasteiger partial charge in [0, 0.05) is 5.56 Å². The van der Waals surface area contributed by atoms with E-state index >= 15 is 0 Å². The first-order valence-electron chi connectivity index (χ1n) is 9.83. The first-order valence-corrected chi connectivity index (χ1v) is 9.83. The number of amides is 2. The molecule has 1 atom stereocenters. The zero-order valence-corrected chi connectivity index (χ0v) is 17.6. The molecule has 0 unspecified atom stereocenters. The number of ether oxygens (including phenoxy) is 3. The highest BCUT2D eigenvalue weighted by atomic mass is 19.1. The number of hydrogen-bond acceptors (Lipinski definition) is 5. The second-order valence-electron chi connectivity index (χ2n) is 6.80. The van der Waals surface area contributed by atoms with Crippen molar-refractivity contribution in [1.82, 2.24) is 10.9 Å². The minimum atomic E-state index is -0.913. The van der Waals surface area contributed by atoms with Gasteiger partial charge in [-0.15, -0.1) is 0 Å². The van der Waals surface area contributed by atoms with Gasteiger partial charge in [0.2, 0.25) is 0 Å². The molecule has 2 amide bonds. The second-order valence-corrected chi connectivity index (χ2v) is 6.80. The number of benzene rings is 3. The largest absolute Gasteiger partial charge is 0.493 e. The summed E-state index contributed by atoms with van der Waals surface area (Å²) >= 11 is 0. The lowest BCUT2D eigenvalue weighted by Gasteiger charge is -2.16. The van der Waals surface area contributed by atoms with E-state index in [4.69, 9.17) is 14.2 Å². The molecule has 32 heavy (non-hydrogen) atoms. The smallest absolute Gasteiger partial charge is 0.279 e. The van der Waals surface area contributed by atoms with Crippen LogP contribution < -0.4 is 25.1 Å². The molecule has 0 heterocycles. The van der Waals surface area contributed by atoms with E-state index in [2.05, 4.69) is 10.9 Å². The van der Waals surface area contributed by atoms with Gasteiger partial charge in [0.05, 0.1) is 7.11 Å². The van der Waals surface area contributed by atoms with Crippen LogP contribution in [0.3, 0.4) is 0 Å². The molecule has 0 radical (unpaired) electrons. The number of carbonyl (C=O) groups is 2. The molecule has 0 aliphatic heterocycles. The van der Waals surface area contributed by atoms with Gasteiger partial charge in [0.25, 0.3) is 11.8 Å². The topological polar surface area (TPSA) is 85.9 Å². The number of hydrazine groups is 1. The number of nitrogens with one attached hydrogen (secondary N) is 2. The normalized spacial score (nSPS) is 11.2. The Hall–Kier alpha value is -4.07. The van der Waals surface area contributed by atoms with Crippen LogP contribution in [-0.4, -0.2) is 25.0 Å². The molecular formula is C24H23FN2O5. The Balaban J connectivity index is 1.54. The predicted molar refractivity (Wildman–Crippen MR) is 116 cm³/mol. The van der Waals surface area contributed by atoms with Gasteiger partial charge in [0.1, 0.15) is 18.2 Å². The molecule has 166 valence electrons. The second kappa shape index (κ2) is 10.8. The molecule has 7 nitrogen and oxygen atoms in total. The van der Waals surface area contributed by atoms with Crippen molar-refractivity contribution in [3.05, 3.63) is 89.7 Å².